The molecule has 9 heteroatoms. The number of benzene rings is 1. The van der Waals surface area contributed by atoms with Gasteiger partial charge < -0.3 is 15.0 Å². The van der Waals surface area contributed by atoms with Crippen LogP contribution in [0.4, 0.5) is 5.69 Å². The van der Waals surface area contributed by atoms with Crippen LogP contribution in [0.2, 0.25) is 5.02 Å². The highest BCUT2D eigenvalue weighted by molar-refractivity contribution is 8.00. The summed E-state index contributed by atoms with van der Waals surface area (Å²) >= 11 is 7.31. The van der Waals surface area contributed by atoms with Gasteiger partial charge in [-0.05, 0) is 19.1 Å². The molecule has 3 rings (SSSR count). The zero-order valence-corrected chi connectivity index (χ0v) is 14.5. The van der Waals surface area contributed by atoms with Crippen LogP contribution in [0.1, 0.15) is 6.92 Å². The van der Waals surface area contributed by atoms with Gasteiger partial charge in [-0.1, -0.05) is 23.4 Å². The number of imidazole rings is 1. The molecule has 1 atom stereocenters. The summed E-state index contributed by atoms with van der Waals surface area (Å²) in [5.41, 5.74) is 1.90. The molecule has 0 bridgehead atoms. The van der Waals surface area contributed by atoms with E-state index in [1.54, 1.807) is 31.5 Å². The number of nitrogens with zero attached hydrogens (tertiary/aromatic N) is 3. The first kappa shape index (κ1) is 16.5. The highest BCUT2D eigenvalue weighted by atomic mass is 35.5. The first-order valence-electron chi connectivity index (χ1n) is 7.03. The lowest BCUT2D eigenvalue weighted by atomic mass is 10.3. The largest absolute Gasteiger partial charge is 0.495 e. The Morgan fingerprint density at radius 2 is 2.21 bits per heavy atom. The van der Waals surface area contributed by atoms with Crippen LogP contribution >= 0.6 is 23.4 Å². The smallest absolute Gasteiger partial charge is 0.237 e. The molecule has 0 saturated heterocycles. The van der Waals surface area contributed by atoms with Gasteiger partial charge in [0.25, 0.3) is 0 Å². The average Bonchev–Trinajstić information content (AvgIpc) is 3.06. The van der Waals surface area contributed by atoms with Crippen LogP contribution in [-0.2, 0) is 4.79 Å². The Balaban J connectivity index is 1.72. The molecular formula is C15H14ClN5O2S. The van der Waals surface area contributed by atoms with Gasteiger partial charge >= 0.3 is 0 Å². The van der Waals surface area contributed by atoms with Gasteiger partial charge in [-0.25, -0.2) is 15.0 Å². The van der Waals surface area contributed by atoms with Gasteiger partial charge in [-0.3, -0.25) is 4.79 Å². The highest BCUT2D eigenvalue weighted by Gasteiger charge is 2.18. The molecule has 1 amide bonds. The Morgan fingerprint density at radius 3 is 3.00 bits per heavy atom. The third kappa shape index (κ3) is 3.44. The van der Waals surface area contributed by atoms with Crippen LogP contribution in [0, 0.1) is 0 Å². The van der Waals surface area contributed by atoms with E-state index in [0.717, 1.165) is 5.52 Å². The summed E-state index contributed by atoms with van der Waals surface area (Å²) in [5.74, 6) is 0.348. The lowest BCUT2D eigenvalue weighted by Gasteiger charge is -2.13. The monoisotopic (exact) mass is 363 g/mol. The van der Waals surface area contributed by atoms with Gasteiger partial charge in [-0.2, -0.15) is 0 Å². The number of ether oxygens (including phenoxy) is 1. The van der Waals surface area contributed by atoms with Crippen LogP contribution in [0.15, 0.2) is 35.9 Å². The first-order chi connectivity index (χ1) is 11.6. The van der Waals surface area contributed by atoms with Gasteiger partial charge in [0.15, 0.2) is 5.65 Å². The molecule has 0 fully saturated rings. The number of halogens is 1. The number of methoxy groups -OCH3 is 1. The van der Waals surface area contributed by atoms with Crippen molar-refractivity contribution in [2.75, 3.05) is 12.4 Å². The SMILES string of the molecule is COc1cc(NC(=O)[C@H](C)Sc2ncnc3nc[nH]c23)ccc1Cl. The molecular weight excluding hydrogens is 350 g/mol. The average molecular weight is 364 g/mol. The van der Waals surface area contributed by atoms with Gasteiger partial charge in [0.05, 0.1) is 23.7 Å². The summed E-state index contributed by atoms with van der Waals surface area (Å²) in [5, 5.41) is 3.63. The minimum absolute atomic E-state index is 0.157. The van der Waals surface area contributed by atoms with Crippen molar-refractivity contribution in [3.8, 4) is 5.75 Å². The quantitative estimate of drug-likeness (QED) is 0.534. The highest BCUT2D eigenvalue weighted by Crippen LogP contribution is 2.29. The number of rotatable bonds is 5. The van der Waals surface area contributed by atoms with Crippen molar-refractivity contribution in [2.45, 2.75) is 17.2 Å². The maximum atomic E-state index is 12.4. The van der Waals surface area contributed by atoms with E-state index in [4.69, 9.17) is 16.3 Å². The number of aromatic nitrogens is 4. The van der Waals surface area contributed by atoms with Crippen LogP contribution in [0.3, 0.4) is 0 Å². The Labute approximate surface area is 147 Å². The number of anilines is 1. The lowest BCUT2D eigenvalue weighted by molar-refractivity contribution is -0.115. The fraction of sp³-hybridized carbons (Fsp3) is 0.200. The molecule has 0 aliphatic carbocycles. The number of carbonyl (C=O) groups is 1. The maximum absolute atomic E-state index is 12.4. The van der Waals surface area contributed by atoms with Gasteiger partial charge in [0.1, 0.15) is 22.6 Å². The maximum Gasteiger partial charge on any atom is 0.237 e. The van der Waals surface area contributed by atoms with E-state index in [1.807, 2.05) is 0 Å². The van der Waals surface area contributed by atoms with Gasteiger partial charge in [0.2, 0.25) is 5.91 Å². The third-order valence-electron chi connectivity index (χ3n) is 3.26. The van der Waals surface area contributed by atoms with Crippen molar-refractivity contribution in [3.63, 3.8) is 0 Å². The van der Waals surface area contributed by atoms with Gasteiger partial charge in [0, 0.05) is 11.8 Å². The number of amides is 1. The van der Waals surface area contributed by atoms with E-state index in [-0.39, 0.29) is 11.2 Å². The van der Waals surface area contributed by atoms with E-state index in [1.165, 1.54) is 25.2 Å². The number of hydrogen-bond donors (Lipinski definition) is 2. The zero-order chi connectivity index (χ0) is 17.1. The third-order valence-corrected chi connectivity index (χ3v) is 4.68. The second-order valence-electron chi connectivity index (χ2n) is 4.88. The van der Waals surface area contributed by atoms with Crippen molar-refractivity contribution in [2.24, 2.45) is 0 Å². The molecule has 2 aromatic heterocycles. The molecule has 0 saturated carbocycles. The summed E-state index contributed by atoms with van der Waals surface area (Å²) in [4.78, 5) is 27.7. The van der Waals surface area contributed by atoms with Crippen LogP contribution < -0.4 is 10.1 Å². The molecule has 2 heterocycles. The number of fused-ring (bicyclic) bond motifs is 1. The second-order valence-corrected chi connectivity index (χ2v) is 6.62. The fourth-order valence-electron chi connectivity index (χ4n) is 2.03. The number of nitrogens with one attached hydrogen (secondary N) is 2. The minimum Gasteiger partial charge on any atom is -0.495 e. The van der Waals surface area contributed by atoms with E-state index in [2.05, 4.69) is 25.3 Å². The summed E-state index contributed by atoms with van der Waals surface area (Å²) < 4.78 is 5.15. The van der Waals surface area contributed by atoms with Crippen molar-refractivity contribution >= 4 is 46.1 Å². The molecule has 2 N–H and O–H groups in total. The number of aromatic amines is 1. The van der Waals surface area contributed by atoms with Crippen molar-refractivity contribution in [3.05, 3.63) is 35.9 Å². The molecule has 7 nitrogen and oxygen atoms in total. The molecule has 0 radical (unpaired) electrons. The number of hydrogen-bond acceptors (Lipinski definition) is 6. The Kier molecular flexibility index (Phi) is 4.86. The summed E-state index contributed by atoms with van der Waals surface area (Å²) in [7, 11) is 1.52. The van der Waals surface area contributed by atoms with E-state index in [0.29, 0.717) is 27.1 Å². The summed E-state index contributed by atoms with van der Waals surface area (Å²) in [6, 6.07) is 5.07. The minimum atomic E-state index is -0.368. The van der Waals surface area contributed by atoms with Crippen molar-refractivity contribution < 1.29 is 9.53 Å². The number of thioether (sulfide) groups is 1. The normalized spacial score (nSPS) is 12.1. The Morgan fingerprint density at radius 1 is 1.38 bits per heavy atom. The zero-order valence-electron chi connectivity index (χ0n) is 12.9. The van der Waals surface area contributed by atoms with E-state index >= 15 is 0 Å². The summed E-state index contributed by atoms with van der Waals surface area (Å²) in [6.07, 6.45) is 2.98. The molecule has 0 aliphatic rings. The van der Waals surface area contributed by atoms with Crippen molar-refractivity contribution in [1.82, 2.24) is 19.9 Å². The first-order valence-corrected chi connectivity index (χ1v) is 8.29. The van der Waals surface area contributed by atoms with Crippen LogP contribution in [0.25, 0.3) is 11.2 Å². The van der Waals surface area contributed by atoms with Crippen molar-refractivity contribution in [1.29, 1.82) is 0 Å². The molecule has 3 aromatic rings. The Hall–Kier alpha value is -2.32. The topological polar surface area (TPSA) is 92.8 Å². The summed E-state index contributed by atoms with van der Waals surface area (Å²) in [6.45, 7) is 1.80. The molecule has 0 aliphatic heterocycles. The predicted octanol–water partition coefficient (Wildman–Crippen LogP) is 3.13. The van der Waals surface area contributed by atoms with Crippen LogP contribution in [0.5, 0.6) is 5.75 Å². The second kappa shape index (κ2) is 7.06. The number of carbonyl (C=O) groups excluding carboxylic acids is 1. The van der Waals surface area contributed by atoms with Gasteiger partial charge in [-0.15, -0.1) is 0 Å². The molecule has 0 unspecified atom stereocenters. The lowest BCUT2D eigenvalue weighted by Crippen LogP contribution is -2.22. The standard InChI is InChI=1S/C15H14ClN5O2S/c1-8(24-15-12-13(18-6-17-12)19-7-20-15)14(22)21-9-3-4-10(16)11(5-9)23-2/h3-8H,1-2H3,(H,21,22)(H,17,18,19,20)/t8-/m0/s1. The van der Waals surface area contributed by atoms with E-state index < -0.39 is 0 Å². The molecule has 24 heavy (non-hydrogen) atoms. The molecule has 1 aromatic carbocycles. The number of H-pyrrole nitrogens is 1. The Bertz CT molecular complexity index is 885. The molecule has 0 spiro atoms. The van der Waals surface area contributed by atoms with E-state index in [9.17, 15) is 4.79 Å². The van der Waals surface area contributed by atoms with Crippen LogP contribution in [-0.4, -0.2) is 38.2 Å². The predicted molar refractivity (Wildman–Crippen MR) is 93.6 cm³/mol. The molecule has 124 valence electrons. The fourth-order valence-corrected chi connectivity index (χ4v) is 3.11.